The lowest BCUT2D eigenvalue weighted by Crippen LogP contribution is -1.99. The first-order valence-electron chi connectivity index (χ1n) is 6.37. The van der Waals surface area contributed by atoms with Gasteiger partial charge in [-0.25, -0.2) is 8.78 Å². The summed E-state index contributed by atoms with van der Waals surface area (Å²) in [4.78, 5) is 22.3. The van der Waals surface area contributed by atoms with Crippen molar-refractivity contribution in [2.45, 2.75) is 23.1 Å². The summed E-state index contributed by atoms with van der Waals surface area (Å²) in [5.41, 5.74) is 0.0829. The molecule has 0 saturated heterocycles. The van der Waals surface area contributed by atoms with E-state index in [-0.39, 0.29) is 27.7 Å². The van der Waals surface area contributed by atoms with Crippen molar-refractivity contribution >= 4 is 23.2 Å². The smallest absolute Gasteiger partial charge is 0.283 e. The highest BCUT2D eigenvalue weighted by atomic mass is 32.2. The summed E-state index contributed by atoms with van der Waals surface area (Å²) >= 11 is 0.784. The van der Waals surface area contributed by atoms with Crippen LogP contribution in [0, 0.1) is 21.7 Å². The molecule has 0 N–H and O–H groups in total. The van der Waals surface area contributed by atoms with E-state index in [9.17, 15) is 23.7 Å². The van der Waals surface area contributed by atoms with Crippen LogP contribution in [0.1, 0.15) is 23.7 Å². The van der Waals surface area contributed by atoms with Crippen LogP contribution in [0.3, 0.4) is 0 Å². The van der Waals surface area contributed by atoms with Gasteiger partial charge in [0, 0.05) is 29.0 Å². The van der Waals surface area contributed by atoms with Gasteiger partial charge in [0.25, 0.3) is 5.69 Å². The van der Waals surface area contributed by atoms with Crippen LogP contribution >= 0.6 is 11.8 Å². The number of ketones is 1. The van der Waals surface area contributed by atoms with Crippen LogP contribution in [0.2, 0.25) is 0 Å². The van der Waals surface area contributed by atoms with Gasteiger partial charge in [0.05, 0.1) is 9.82 Å². The Hall–Kier alpha value is -2.28. The number of benzene rings is 2. The van der Waals surface area contributed by atoms with Crippen molar-refractivity contribution in [3.8, 4) is 0 Å². The summed E-state index contributed by atoms with van der Waals surface area (Å²) in [7, 11) is 0. The molecule has 0 fully saturated rings. The fourth-order valence-corrected chi connectivity index (χ4v) is 2.76. The van der Waals surface area contributed by atoms with Gasteiger partial charge in [-0.2, -0.15) is 0 Å². The molecule has 0 amide bonds. The number of carbonyl (C=O) groups is 1. The van der Waals surface area contributed by atoms with Gasteiger partial charge in [-0.1, -0.05) is 18.7 Å². The average Bonchev–Trinajstić information content (AvgIpc) is 2.49. The van der Waals surface area contributed by atoms with Gasteiger partial charge < -0.3 is 0 Å². The zero-order valence-corrected chi connectivity index (χ0v) is 12.3. The third kappa shape index (κ3) is 3.48. The number of rotatable bonds is 5. The largest absolute Gasteiger partial charge is 0.294 e. The number of nitrogens with zero attached hydrogens (tertiary/aromatic N) is 1. The molecule has 0 aliphatic rings. The molecular formula is C15H11F2NO3S. The first kappa shape index (κ1) is 16.1. The predicted octanol–water partition coefficient (Wildman–Crippen LogP) is 4.62. The number of nitro benzene ring substituents is 1. The summed E-state index contributed by atoms with van der Waals surface area (Å²) in [6, 6.07) is 6.92. The van der Waals surface area contributed by atoms with E-state index >= 15 is 0 Å². The standard InChI is InChI=1S/C15H11F2NO3S/c1-2-13(19)9-3-5-12(18(20)21)15(7-9)22-14-6-4-10(16)8-11(14)17/h3-8H,2H2,1H3. The Morgan fingerprint density at radius 3 is 2.50 bits per heavy atom. The lowest BCUT2D eigenvalue weighted by atomic mass is 10.1. The van der Waals surface area contributed by atoms with Crippen LogP contribution in [0.4, 0.5) is 14.5 Å². The second-order valence-electron chi connectivity index (χ2n) is 4.39. The summed E-state index contributed by atoms with van der Waals surface area (Å²) in [6.07, 6.45) is 0.257. The van der Waals surface area contributed by atoms with Crippen molar-refractivity contribution < 1.29 is 18.5 Å². The minimum absolute atomic E-state index is 0.0468. The number of hydrogen-bond acceptors (Lipinski definition) is 4. The summed E-state index contributed by atoms with van der Waals surface area (Å²) < 4.78 is 26.6. The lowest BCUT2D eigenvalue weighted by molar-refractivity contribution is -0.387. The Morgan fingerprint density at radius 2 is 1.91 bits per heavy atom. The van der Waals surface area contributed by atoms with Gasteiger partial charge in [-0.3, -0.25) is 14.9 Å². The Labute approximate surface area is 129 Å². The van der Waals surface area contributed by atoms with Crippen LogP contribution in [0.5, 0.6) is 0 Å². The molecule has 0 aliphatic carbocycles. The van der Waals surface area contributed by atoms with Crippen LogP contribution in [0.25, 0.3) is 0 Å². The summed E-state index contributed by atoms with van der Waals surface area (Å²) in [5.74, 6) is -1.71. The molecule has 0 bridgehead atoms. The van der Waals surface area contributed by atoms with Crippen LogP contribution in [-0.4, -0.2) is 10.7 Å². The van der Waals surface area contributed by atoms with Crippen LogP contribution in [-0.2, 0) is 0 Å². The molecule has 4 nitrogen and oxygen atoms in total. The monoisotopic (exact) mass is 323 g/mol. The highest BCUT2D eigenvalue weighted by Crippen LogP contribution is 2.37. The number of carbonyl (C=O) groups excluding carboxylic acids is 1. The molecule has 0 heterocycles. The first-order valence-corrected chi connectivity index (χ1v) is 7.18. The average molecular weight is 323 g/mol. The Kier molecular flexibility index (Phi) is 4.87. The second kappa shape index (κ2) is 6.65. The summed E-state index contributed by atoms with van der Waals surface area (Å²) in [6.45, 7) is 1.68. The maximum absolute atomic E-state index is 13.7. The number of hydrogen-bond donors (Lipinski definition) is 0. The first-order chi connectivity index (χ1) is 10.4. The molecule has 2 rings (SSSR count). The Bertz CT molecular complexity index is 750. The molecule has 114 valence electrons. The maximum atomic E-state index is 13.7. The minimum Gasteiger partial charge on any atom is -0.294 e. The summed E-state index contributed by atoms with van der Waals surface area (Å²) in [5, 5.41) is 11.1. The van der Waals surface area contributed by atoms with Crippen molar-refractivity contribution in [1.82, 2.24) is 0 Å². The third-order valence-electron chi connectivity index (χ3n) is 2.91. The van der Waals surface area contributed by atoms with E-state index in [0.29, 0.717) is 11.6 Å². The molecule has 2 aromatic carbocycles. The number of Topliss-reactive ketones (excluding diaryl/α,β-unsaturated/α-hetero) is 1. The topological polar surface area (TPSA) is 60.2 Å². The fourth-order valence-electron chi connectivity index (χ4n) is 1.80. The highest BCUT2D eigenvalue weighted by Gasteiger charge is 2.18. The molecule has 7 heteroatoms. The van der Waals surface area contributed by atoms with E-state index in [4.69, 9.17) is 0 Å². The maximum Gasteiger partial charge on any atom is 0.283 e. The van der Waals surface area contributed by atoms with Crippen LogP contribution < -0.4 is 0 Å². The Balaban J connectivity index is 2.46. The van der Waals surface area contributed by atoms with E-state index in [2.05, 4.69) is 0 Å². The molecule has 0 saturated carbocycles. The number of halogens is 2. The predicted molar refractivity (Wildman–Crippen MR) is 78.2 cm³/mol. The molecule has 0 atom stereocenters. The second-order valence-corrected chi connectivity index (χ2v) is 5.48. The van der Waals surface area contributed by atoms with Gasteiger partial charge in [-0.05, 0) is 24.3 Å². The third-order valence-corrected chi connectivity index (χ3v) is 4.01. The van der Waals surface area contributed by atoms with Gasteiger partial charge in [0.2, 0.25) is 0 Å². The molecule has 22 heavy (non-hydrogen) atoms. The zero-order valence-electron chi connectivity index (χ0n) is 11.5. The highest BCUT2D eigenvalue weighted by molar-refractivity contribution is 7.99. The normalized spacial score (nSPS) is 10.5. The van der Waals surface area contributed by atoms with E-state index in [1.165, 1.54) is 24.3 Å². The fraction of sp³-hybridized carbons (Fsp3) is 0.133. The van der Waals surface area contributed by atoms with E-state index < -0.39 is 16.6 Å². The van der Waals surface area contributed by atoms with Crippen molar-refractivity contribution in [3.05, 3.63) is 63.7 Å². The Morgan fingerprint density at radius 1 is 1.18 bits per heavy atom. The zero-order chi connectivity index (χ0) is 16.3. The molecule has 0 aliphatic heterocycles. The van der Waals surface area contributed by atoms with Crippen LogP contribution in [0.15, 0.2) is 46.2 Å². The van der Waals surface area contributed by atoms with E-state index in [0.717, 1.165) is 17.8 Å². The van der Waals surface area contributed by atoms with Gasteiger partial charge >= 0.3 is 0 Å². The quantitative estimate of drug-likeness (QED) is 0.458. The molecule has 2 aromatic rings. The van der Waals surface area contributed by atoms with Crippen molar-refractivity contribution in [2.24, 2.45) is 0 Å². The molecule has 0 aromatic heterocycles. The molecule has 0 radical (unpaired) electrons. The van der Waals surface area contributed by atoms with Gasteiger partial charge in [0.1, 0.15) is 11.6 Å². The minimum atomic E-state index is -0.813. The van der Waals surface area contributed by atoms with Crippen molar-refractivity contribution in [2.75, 3.05) is 0 Å². The SMILES string of the molecule is CCC(=O)c1ccc([N+](=O)[O-])c(Sc2ccc(F)cc2F)c1. The molecular weight excluding hydrogens is 312 g/mol. The van der Waals surface area contributed by atoms with E-state index in [1.807, 2.05) is 0 Å². The lowest BCUT2D eigenvalue weighted by Gasteiger charge is -2.06. The number of nitro groups is 1. The van der Waals surface area contributed by atoms with Crippen molar-refractivity contribution in [3.63, 3.8) is 0 Å². The van der Waals surface area contributed by atoms with Crippen molar-refractivity contribution in [1.29, 1.82) is 0 Å². The molecule has 0 unspecified atom stereocenters. The van der Waals surface area contributed by atoms with Gasteiger partial charge in [0.15, 0.2) is 5.78 Å². The van der Waals surface area contributed by atoms with E-state index in [1.54, 1.807) is 6.92 Å². The van der Waals surface area contributed by atoms with Gasteiger partial charge in [-0.15, -0.1) is 0 Å². The molecule has 0 spiro atoms.